The molecule has 0 saturated carbocycles. The molecule has 0 aromatic carbocycles. The fourth-order valence-corrected chi connectivity index (χ4v) is 1.01. The highest BCUT2D eigenvalue weighted by molar-refractivity contribution is 5.87. The third-order valence-corrected chi connectivity index (χ3v) is 1.70. The van der Waals surface area contributed by atoms with Gasteiger partial charge in [-0.15, -0.1) is 0 Å². The lowest BCUT2D eigenvalue weighted by Gasteiger charge is -1.99. The highest BCUT2D eigenvalue weighted by atomic mass is 16.4. The third-order valence-electron chi connectivity index (χ3n) is 1.70. The molecule has 2 heterocycles. The number of carboxylic acids is 1. The Hall–Kier alpha value is -1.85. The highest BCUT2D eigenvalue weighted by Gasteiger charge is 2.26. The molecule has 1 amide bonds. The summed E-state index contributed by atoms with van der Waals surface area (Å²) in [6.45, 7) is 0. The van der Waals surface area contributed by atoms with Crippen LogP contribution in [0.5, 0.6) is 0 Å². The van der Waals surface area contributed by atoms with Crippen molar-refractivity contribution < 1.29 is 14.7 Å². The number of amides is 1. The van der Waals surface area contributed by atoms with Crippen LogP contribution in [0.4, 0.5) is 0 Å². The molecule has 1 atom stereocenters. The smallest absolute Gasteiger partial charge is 0.326 e. The van der Waals surface area contributed by atoms with Crippen molar-refractivity contribution in [2.75, 3.05) is 0 Å². The lowest BCUT2D eigenvalue weighted by Crippen LogP contribution is -2.32. The van der Waals surface area contributed by atoms with Crippen LogP contribution in [0.3, 0.4) is 0 Å². The number of nitrogens with one attached hydrogen (secondary N) is 2. The summed E-state index contributed by atoms with van der Waals surface area (Å²) in [4.78, 5) is 26.9. The highest BCUT2D eigenvalue weighted by Crippen LogP contribution is 2.05. The van der Waals surface area contributed by atoms with Crippen LogP contribution in [0.2, 0.25) is 0 Å². The van der Waals surface area contributed by atoms with E-state index in [9.17, 15) is 9.59 Å². The Bertz CT molecular complexity index is 280. The second-order valence-electron chi connectivity index (χ2n) is 2.76. The van der Waals surface area contributed by atoms with Crippen molar-refractivity contribution in [3.63, 3.8) is 0 Å². The Balaban J connectivity index is 0.000000165. The van der Waals surface area contributed by atoms with E-state index in [1.54, 1.807) is 18.7 Å². The summed E-state index contributed by atoms with van der Waals surface area (Å²) in [5, 5.41) is 10.6. The molecule has 76 valence electrons. The average molecular weight is 197 g/mol. The van der Waals surface area contributed by atoms with Gasteiger partial charge in [-0.05, 0) is 6.42 Å². The monoisotopic (exact) mass is 197 g/mol. The molecule has 0 aliphatic carbocycles. The molecule has 6 nitrogen and oxygen atoms in total. The number of rotatable bonds is 1. The molecule has 0 spiro atoms. The first-order valence-corrected chi connectivity index (χ1v) is 4.15. The van der Waals surface area contributed by atoms with E-state index in [2.05, 4.69) is 15.3 Å². The van der Waals surface area contributed by atoms with Gasteiger partial charge in [0.2, 0.25) is 5.91 Å². The van der Waals surface area contributed by atoms with E-state index in [4.69, 9.17) is 5.11 Å². The molecule has 6 heteroatoms. The van der Waals surface area contributed by atoms with Crippen LogP contribution in [0.1, 0.15) is 12.8 Å². The van der Waals surface area contributed by atoms with Gasteiger partial charge in [-0.25, -0.2) is 9.78 Å². The fourth-order valence-electron chi connectivity index (χ4n) is 1.01. The normalized spacial score (nSPS) is 19.4. The van der Waals surface area contributed by atoms with Crippen molar-refractivity contribution in [1.82, 2.24) is 15.3 Å². The fraction of sp³-hybridized carbons (Fsp3) is 0.375. The van der Waals surface area contributed by atoms with Gasteiger partial charge in [0.05, 0.1) is 6.33 Å². The molecule has 1 aliphatic rings. The largest absolute Gasteiger partial charge is 0.480 e. The lowest BCUT2D eigenvalue weighted by molar-refractivity contribution is -0.140. The molecule has 0 bridgehead atoms. The second-order valence-corrected chi connectivity index (χ2v) is 2.76. The summed E-state index contributed by atoms with van der Waals surface area (Å²) in [6, 6.07) is -0.641. The number of carbonyl (C=O) groups excluding carboxylic acids is 1. The summed E-state index contributed by atoms with van der Waals surface area (Å²) in [5.74, 6) is -1.11. The lowest BCUT2D eigenvalue weighted by atomic mass is 10.2. The molecule has 1 aliphatic heterocycles. The van der Waals surface area contributed by atoms with Crippen LogP contribution in [0, 0.1) is 0 Å². The standard InChI is InChI=1S/C5H7NO3.C3H4N2/c7-4-2-1-3(6-4)5(8)9;1-2-5-3-4-1/h3H,1-2H2,(H,6,7)(H,8,9);1-3H,(H,4,5)/t3-;/m0./s1. The number of carbonyl (C=O) groups is 2. The number of aromatic amines is 1. The molecule has 1 aromatic heterocycles. The van der Waals surface area contributed by atoms with Crippen LogP contribution in [0.25, 0.3) is 0 Å². The van der Waals surface area contributed by atoms with Gasteiger partial charge in [-0.1, -0.05) is 0 Å². The van der Waals surface area contributed by atoms with Crippen LogP contribution in [-0.4, -0.2) is 33.0 Å². The van der Waals surface area contributed by atoms with Gasteiger partial charge in [0.25, 0.3) is 0 Å². The quantitative estimate of drug-likeness (QED) is 0.579. The SMILES string of the molecule is O=C1CC[C@@H](C(=O)O)N1.c1c[nH]cn1. The third kappa shape index (κ3) is 3.26. The predicted molar refractivity (Wildman–Crippen MR) is 47.4 cm³/mol. The Labute approximate surface area is 80.4 Å². The van der Waals surface area contributed by atoms with Crippen molar-refractivity contribution in [1.29, 1.82) is 0 Å². The first-order chi connectivity index (χ1) is 6.70. The first kappa shape index (κ1) is 10.2. The number of hydrogen-bond acceptors (Lipinski definition) is 3. The van der Waals surface area contributed by atoms with Crippen molar-refractivity contribution in [3.8, 4) is 0 Å². The van der Waals surface area contributed by atoms with E-state index in [1.807, 2.05) is 0 Å². The van der Waals surface area contributed by atoms with Crippen LogP contribution < -0.4 is 5.32 Å². The van der Waals surface area contributed by atoms with Gasteiger partial charge >= 0.3 is 5.97 Å². The summed E-state index contributed by atoms with van der Waals surface area (Å²) in [6.07, 6.45) is 5.85. The van der Waals surface area contributed by atoms with Gasteiger partial charge in [0.1, 0.15) is 6.04 Å². The minimum atomic E-state index is -0.944. The number of carboxylic acid groups (broad SMARTS) is 1. The topological polar surface area (TPSA) is 95.1 Å². The van der Waals surface area contributed by atoms with E-state index in [-0.39, 0.29) is 5.91 Å². The van der Waals surface area contributed by atoms with Gasteiger partial charge in [0, 0.05) is 18.8 Å². The van der Waals surface area contributed by atoms with Crippen LogP contribution >= 0.6 is 0 Å². The van der Waals surface area contributed by atoms with E-state index >= 15 is 0 Å². The van der Waals surface area contributed by atoms with Crippen LogP contribution in [-0.2, 0) is 9.59 Å². The maximum Gasteiger partial charge on any atom is 0.326 e. The molecule has 3 N–H and O–H groups in total. The molecule has 1 fully saturated rings. The number of aromatic nitrogens is 2. The summed E-state index contributed by atoms with van der Waals surface area (Å²) >= 11 is 0. The number of imidazole rings is 1. The predicted octanol–water partition coefficient (Wildman–Crippen LogP) is -0.241. The van der Waals surface area contributed by atoms with Crippen molar-refractivity contribution in [3.05, 3.63) is 18.7 Å². The first-order valence-electron chi connectivity index (χ1n) is 4.15. The Morgan fingerprint density at radius 2 is 2.43 bits per heavy atom. The molecule has 14 heavy (non-hydrogen) atoms. The van der Waals surface area contributed by atoms with Crippen molar-refractivity contribution >= 4 is 11.9 Å². The van der Waals surface area contributed by atoms with Gasteiger partial charge < -0.3 is 15.4 Å². The number of aliphatic carboxylic acids is 1. The zero-order valence-electron chi connectivity index (χ0n) is 7.43. The Kier molecular flexibility index (Phi) is 3.66. The molecule has 1 aromatic rings. The van der Waals surface area contributed by atoms with Gasteiger partial charge in [-0.3, -0.25) is 4.79 Å². The maximum absolute atomic E-state index is 10.4. The number of nitrogens with zero attached hydrogens (tertiary/aromatic N) is 1. The Morgan fingerprint density at radius 1 is 1.64 bits per heavy atom. The number of H-pyrrole nitrogens is 1. The molecule has 0 unspecified atom stereocenters. The van der Waals surface area contributed by atoms with Crippen LogP contribution in [0.15, 0.2) is 18.7 Å². The van der Waals surface area contributed by atoms with E-state index in [0.717, 1.165) is 0 Å². The molecule has 0 radical (unpaired) electrons. The summed E-state index contributed by atoms with van der Waals surface area (Å²) in [5.41, 5.74) is 0. The summed E-state index contributed by atoms with van der Waals surface area (Å²) in [7, 11) is 0. The van der Waals surface area contributed by atoms with E-state index in [0.29, 0.717) is 12.8 Å². The molecule has 1 saturated heterocycles. The maximum atomic E-state index is 10.4. The summed E-state index contributed by atoms with van der Waals surface area (Å²) < 4.78 is 0. The van der Waals surface area contributed by atoms with Crippen molar-refractivity contribution in [2.45, 2.75) is 18.9 Å². The number of hydrogen-bond donors (Lipinski definition) is 3. The molecule has 2 rings (SSSR count). The zero-order valence-corrected chi connectivity index (χ0v) is 7.43. The zero-order chi connectivity index (χ0) is 10.4. The Morgan fingerprint density at radius 3 is 2.64 bits per heavy atom. The molecular weight excluding hydrogens is 186 g/mol. The van der Waals surface area contributed by atoms with E-state index in [1.165, 1.54) is 0 Å². The minimum Gasteiger partial charge on any atom is -0.480 e. The average Bonchev–Trinajstić information content (AvgIpc) is 2.74. The molecular formula is C8H11N3O3. The minimum absolute atomic E-state index is 0.164. The second kappa shape index (κ2) is 5.00. The van der Waals surface area contributed by atoms with Gasteiger partial charge in [0.15, 0.2) is 0 Å². The van der Waals surface area contributed by atoms with E-state index < -0.39 is 12.0 Å². The van der Waals surface area contributed by atoms with Gasteiger partial charge in [-0.2, -0.15) is 0 Å². The van der Waals surface area contributed by atoms with Crippen molar-refractivity contribution in [2.24, 2.45) is 0 Å².